The zero-order valence-corrected chi connectivity index (χ0v) is 10.2. The summed E-state index contributed by atoms with van der Waals surface area (Å²) >= 11 is 0. The van der Waals surface area contributed by atoms with E-state index < -0.39 is 0 Å². The molecule has 2 aliphatic rings. The maximum absolute atomic E-state index is 6.28. The summed E-state index contributed by atoms with van der Waals surface area (Å²) in [6, 6.07) is 6.33. The highest BCUT2D eigenvalue weighted by molar-refractivity contribution is 5.42. The van der Waals surface area contributed by atoms with Gasteiger partial charge in [0.2, 0.25) is 0 Å². The molecule has 2 N–H and O–H groups in total. The van der Waals surface area contributed by atoms with E-state index in [1.165, 1.54) is 6.42 Å². The molecular formula is C14H19NO2. The minimum absolute atomic E-state index is 0.0508. The molecule has 1 aliphatic carbocycles. The highest BCUT2D eigenvalue weighted by Crippen LogP contribution is 2.48. The number of hydrogen-bond acceptors (Lipinski definition) is 3. The largest absolute Gasteiger partial charge is 0.487 e. The fourth-order valence-corrected chi connectivity index (χ4v) is 2.90. The van der Waals surface area contributed by atoms with Crippen LogP contribution in [0.1, 0.15) is 42.9 Å². The van der Waals surface area contributed by atoms with E-state index in [2.05, 4.69) is 12.1 Å². The maximum Gasteiger partial charge on any atom is 0.124 e. The first-order valence-electron chi connectivity index (χ1n) is 6.29. The van der Waals surface area contributed by atoms with Crippen LogP contribution in [-0.4, -0.2) is 12.7 Å². The maximum atomic E-state index is 6.28. The van der Waals surface area contributed by atoms with E-state index in [9.17, 15) is 0 Å². The molecule has 0 saturated heterocycles. The number of ether oxygens (including phenoxy) is 2. The van der Waals surface area contributed by atoms with Crippen molar-refractivity contribution in [1.82, 2.24) is 0 Å². The third kappa shape index (κ3) is 1.83. The summed E-state index contributed by atoms with van der Waals surface area (Å²) in [6.07, 6.45) is 4.53. The Morgan fingerprint density at radius 2 is 2.29 bits per heavy atom. The number of rotatable bonds is 2. The molecule has 0 radical (unpaired) electrons. The highest BCUT2D eigenvalue weighted by atomic mass is 16.5. The summed E-state index contributed by atoms with van der Waals surface area (Å²) < 4.78 is 11.3. The smallest absolute Gasteiger partial charge is 0.124 e. The predicted molar refractivity (Wildman–Crippen MR) is 65.9 cm³/mol. The van der Waals surface area contributed by atoms with E-state index in [-0.39, 0.29) is 11.6 Å². The first kappa shape index (κ1) is 11.1. The summed E-state index contributed by atoms with van der Waals surface area (Å²) in [5.74, 6) is 0.975. The van der Waals surface area contributed by atoms with Crippen molar-refractivity contribution in [3.63, 3.8) is 0 Å². The minimum Gasteiger partial charge on any atom is -0.487 e. The van der Waals surface area contributed by atoms with Crippen LogP contribution in [0.3, 0.4) is 0 Å². The zero-order chi connectivity index (χ0) is 11.9. The van der Waals surface area contributed by atoms with Gasteiger partial charge < -0.3 is 15.2 Å². The van der Waals surface area contributed by atoms with Crippen molar-refractivity contribution < 1.29 is 9.47 Å². The molecule has 1 aromatic rings. The molecule has 3 nitrogen and oxygen atoms in total. The predicted octanol–water partition coefficient (Wildman–Crippen LogP) is 2.54. The van der Waals surface area contributed by atoms with Gasteiger partial charge in [0.05, 0.1) is 6.61 Å². The molecule has 1 atom stereocenters. The van der Waals surface area contributed by atoms with E-state index >= 15 is 0 Å². The van der Waals surface area contributed by atoms with Crippen LogP contribution in [0, 0.1) is 0 Å². The molecule has 0 bridgehead atoms. The number of fused-ring (bicyclic) bond motifs is 1. The highest BCUT2D eigenvalue weighted by Gasteiger charge is 2.44. The summed E-state index contributed by atoms with van der Waals surface area (Å²) in [7, 11) is 1.71. The van der Waals surface area contributed by atoms with Crippen molar-refractivity contribution in [1.29, 1.82) is 0 Å². The van der Waals surface area contributed by atoms with E-state index in [1.807, 2.05) is 6.07 Å². The van der Waals surface area contributed by atoms with Crippen LogP contribution in [0.25, 0.3) is 0 Å². The molecule has 0 aromatic heterocycles. The van der Waals surface area contributed by atoms with Gasteiger partial charge in [-0.2, -0.15) is 0 Å². The van der Waals surface area contributed by atoms with Crippen molar-refractivity contribution in [3.05, 3.63) is 29.3 Å². The standard InChI is InChI=1S/C14H19NO2/c1-16-9-10-3-4-13-11(7-10)12(15)8-14(17-13)5-2-6-14/h3-4,7,12H,2,5-6,8-9,15H2,1H3. The van der Waals surface area contributed by atoms with Gasteiger partial charge in [0.25, 0.3) is 0 Å². The molecule has 0 amide bonds. The number of methoxy groups -OCH3 is 1. The van der Waals surface area contributed by atoms with Gasteiger partial charge in [-0.15, -0.1) is 0 Å². The molecule has 1 heterocycles. The average Bonchev–Trinajstić information content (AvgIpc) is 2.28. The van der Waals surface area contributed by atoms with Crippen LogP contribution in [0.2, 0.25) is 0 Å². The molecule has 1 fully saturated rings. The Balaban J connectivity index is 1.91. The first-order valence-corrected chi connectivity index (χ1v) is 6.29. The molecule has 3 heteroatoms. The Kier molecular flexibility index (Phi) is 2.60. The third-order valence-corrected chi connectivity index (χ3v) is 3.97. The van der Waals surface area contributed by atoms with Crippen molar-refractivity contribution >= 4 is 0 Å². The van der Waals surface area contributed by atoms with E-state index in [1.54, 1.807) is 7.11 Å². The van der Waals surface area contributed by atoms with E-state index in [0.717, 1.165) is 36.1 Å². The first-order chi connectivity index (χ1) is 8.22. The number of hydrogen-bond donors (Lipinski definition) is 1. The van der Waals surface area contributed by atoms with Crippen LogP contribution < -0.4 is 10.5 Å². The lowest BCUT2D eigenvalue weighted by molar-refractivity contribution is -0.0330. The second-order valence-corrected chi connectivity index (χ2v) is 5.25. The number of benzene rings is 1. The second kappa shape index (κ2) is 4.00. The molecule has 1 unspecified atom stereocenters. The van der Waals surface area contributed by atoms with Crippen LogP contribution in [0.4, 0.5) is 0 Å². The summed E-state index contributed by atoms with van der Waals surface area (Å²) in [5.41, 5.74) is 8.62. The Morgan fingerprint density at radius 3 is 2.94 bits per heavy atom. The Labute approximate surface area is 102 Å². The second-order valence-electron chi connectivity index (χ2n) is 5.25. The fraction of sp³-hybridized carbons (Fsp3) is 0.571. The molecular weight excluding hydrogens is 214 g/mol. The fourth-order valence-electron chi connectivity index (χ4n) is 2.90. The van der Waals surface area contributed by atoms with Crippen molar-refractivity contribution in [2.45, 2.75) is 43.9 Å². The quantitative estimate of drug-likeness (QED) is 0.853. The van der Waals surface area contributed by atoms with Gasteiger partial charge in [0.15, 0.2) is 0 Å². The molecule has 3 rings (SSSR count). The van der Waals surface area contributed by atoms with Crippen molar-refractivity contribution in [3.8, 4) is 5.75 Å². The van der Waals surface area contributed by atoms with Gasteiger partial charge in [0, 0.05) is 25.1 Å². The van der Waals surface area contributed by atoms with Crippen LogP contribution >= 0.6 is 0 Å². The number of nitrogens with two attached hydrogens (primary N) is 1. The third-order valence-electron chi connectivity index (χ3n) is 3.97. The van der Waals surface area contributed by atoms with Gasteiger partial charge in [-0.1, -0.05) is 6.07 Å². The van der Waals surface area contributed by atoms with Crippen LogP contribution in [-0.2, 0) is 11.3 Å². The lowest BCUT2D eigenvalue weighted by atomic mass is 9.73. The molecule has 17 heavy (non-hydrogen) atoms. The lowest BCUT2D eigenvalue weighted by Gasteiger charge is -2.47. The Bertz CT molecular complexity index is 426. The lowest BCUT2D eigenvalue weighted by Crippen LogP contribution is -2.48. The summed E-state index contributed by atoms with van der Waals surface area (Å²) in [4.78, 5) is 0. The monoisotopic (exact) mass is 233 g/mol. The van der Waals surface area contributed by atoms with Gasteiger partial charge in [-0.3, -0.25) is 0 Å². The molecule has 1 spiro atoms. The SMILES string of the molecule is COCc1ccc2c(c1)C(N)CC1(CCC1)O2. The van der Waals surface area contributed by atoms with Gasteiger partial charge in [-0.25, -0.2) is 0 Å². The van der Waals surface area contributed by atoms with Gasteiger partial charge in [0.1, 0.15) is 11.4 Å². The molecule has 1 aliphatic heterocycles. The van der Waals surface area contributed by atoms with Gasteiger partial charge >= 0.3 is 0 Å². The summed E-state index contributed by atoms with van der Waals surface area (Å²) in [5, 5.41) is 0. The topological polar surface area (TPSA) is 44.5 Å². The molecule has 1 saturated carbocycles. The minimum atomic E-state index is 0.0508. The Hall–Kier alpha value is -1.06. The van der Waals surface area contributed by atoms with Crippen molar-refractivity contribution in [2.75, 3.05) is 7.11 Å². The Morgan fingerprint density at radius 1 is 1.47 bits per heavy atom. The van der Waals surface area contributed by atoms with Crippen LogP contribution in [0.5, 0.6) is 5.75 Å². The van der Waals surface area contributed by atoms with E-state index in [0.29, 0.717) is 6.61 Å². The zero-order valence-electron chi connectivity index (χ0n) is 10.2. The normalized spacial score (nSPS) is 24.9. The van der Waals surface area contributed by atoms with Gasteiger partial charge in [-0.05, 0) is 37.0 Å². The molecule has 1 aromatic carbocycles. The molecule has 92 valence electrons. The summed E-state index contributed by atoms with van der Waals surface area (Å²) in [6.45, 7) is 0.630. The average molecular weight is 233 g/mol. The van der Waals surface area contributed by atoms with Crippen LogP contribution in [0.15, 0.2) is 18.2 Å². The van der Waals surface area contributed by atoms with E-state index in [4.69, 9.17) is 15.2 Å². The van der Waals surface area contributed by atoms with Crippen molar-refractivity contribution in [2.24, 2.45) is 5.73 Å².